The van der Waals surface area contributed by atoms with E-state index in [4.69, 9.17) is 0 Å². The molecule has 3 rings (SSSR count). The van der Waals surface area contributed by atoms with Gasteiger partial charge in [0.15, 0.2) is 0 Å². The fourth-order valence-corrected chi connectivity index (χ4v) is 3.50. The van der Waals surface area contributed by atoms with Crippen molar-refractivity contribution < 1.29 is 14.4 Å². The smallest absolute Gasteiger partial charge is 0.262 e. The van der Waals surface area contributed by atoms with Crippen LogP contribution in [-0.2, 0) is 4.79 Å². The zero-order valence-electron chi connectivity index (χ0n) is 16.0. The van der Waals surface area contributed by atoms with Crippen molar-refractivity contribution in [2.45, 2.75) is 39.7 Å². The first-order chi connectivity index (χ1) is 12.8. The molecule has 2 aromatic rings. The summed E-state index contributed by atoms with van der Waals surface area (Å²) in [5.74, 6) is -1.17. The number of nitrogens with one attached hydrogen (secondary N) is 1. The summed E-state index contributed by atoms with van der Waals surface area (Å²) in [6.45, 7) is 7.77. The van der Waals surface area contributed by atoms with Gasteiger partial charge in [0.05, 0.1) is 11.1 Å². The minimum Gasteiger partial charge on any atom is -0.324 e. The highest BCUT2D eigenvalue weighted by molar-refractivity contribution is 6.23. The Morgan fingerprint density at radius 3 is 1.89 bits per heavy atom. The van der Waals surface area contributed by atoms with Crippen LogP contribution in [-0.4, -0.2) is 28.7 Å². The van der Waals surface area contributed by atoms with Gasteiger partial charge >= 0.3 is 0 Å². The standard InChI is InChI=1S/C22H24N2O3/c1-13(2)15-9-7-8-12-18(15)23-20(25)19(14(3)4)24-21(26)16-10-5-6-11-17(16)22(24)27/h5-14,19H,1-4H3,(H,23,25)/t19-/m0/s1. The van der Waals surface area contributed by atoms with E-state index in [2.05, 4.69) is 19.2 Å². The first-order valence-electron chi connectivity index (χ1n) is 9.19. The van der Waals surface area contributed by atoms with Gasteiger partial charge in [-0.25, -0.2) is 0 Å². The van der Waals surface area contributed by atoms with Gasteiger partial charge in [0.1, 0.15) is 6.04 Å². The lowest BCUT2D eigenvalue weighted by molar-refractivity contribution is -0.121. The average molecular weight is 364 g/mol. The van der Waals surface area contributed by atoms with Crippen molar-refractivity contribution >= 4 is 23.4 Å². The number of benzene rings is 2. The summed E-state index contributed by atoms with van der Waals surface area (Å²) in [4.78, 5) is 39.8. The zero-order valence-corrected chi connectivity index (χ0v) is 16.0. The van der Waals surface area contributed by atoms with E-state index in [0.29, 0.717) is 16.8 Å². The van der Waals surface area contributed by atoms with E-state index in [9.17, 15) is 14.4 Å². The predicted octanol–water partition coefficient (Wildman–Crippen LogP) is 4.07. The molecule has 5 heteroatoms. The summed E-state index contributed by atoms with van der Waals surface area (Å²) in [5.41, 5.74) is 2.42. The van der Waals surface area contributed by atoms with Gasteiger partial charge in [0.25, 0.3) is 11.8 Å². The number of para-hydroxylation sites is 1. The van der Waals surface area contributed by atoms with Crippen molar-refractivity contribution in [3.63, 3.8) is 0 Å². The highest BCUT2D eigenvalue weighted by Gasteiger charge is 2.43. The Hall–Kier alpha value is -2.95. The Morgan fingerprint density at radius 2 is 1.37 bits per heavy atom. The molecular weight excluding hydrogens is 340 g/mol. The van der Waals surface area contributed by atoms with E-state index in [1.54, 1.807) is 24.3 Å². The maximum Gasteiger partial charge on any atom is 0.262 e. The molecule has 0 unspecified atom stereocenters. The van der Waals surface area contributed by atoms with Crippen LogP contribution in [0.15, 0.2) is 48.5 Å². The number of hydrogen-bond acceptors (Lipinski definition) is 3. The molecule has 1 aliphatic heterocycles. The molecule has 5 nitrogen and oxygen atoms in total. The van der Waals surface area contributed by atoms with Gasteiger partial charge in [-0.2, -0.15) is 0 Å². The summed E-state index contributed by atoms with van der Waals surface area (Å²) in [6, 6.07) is 13.4. The third kappa shape index (κ3) is 3.37. The molecule has 0 radical (unpaired) electrons. The zero-order chi connectivity index (χ0) is 19.7. The molecule has 0 saturated heterocycles. The van der Waals surface area contributed by atoms with Crippen LogP contribution in [0.25, 0.3) is 0 Å². The van der Waals surface area contributed by atoms with Crippen LogP contribution in [0.4, 0.5) is 5.69 Å². The molecule has 0 aliphatic carbocycles. The number of fused-ring (bicyclic) bond motifs is 1. The molecule has 1 atom stereocenters. The number of hydrogen-bond donors (Lipinski definition) is 1. The summed E-state index contributed by atoms with van der Waals surface area (Å²) < 4.78 is 0. The van der Waals surface area contributed by atoms with Gasteiger partial charge in [-0.1, -0.05) is 58.0 Å². The van der Waals surface area contributed by atoms with E-state index >= 15 is 0 Å². The molecule has 3 amide bonds. The van der Waals surface area contributed by atoms with Crippen LogP contribution < -0.4 is 5.32 Å². The van der Waals surface area contributed by atoms with Crippen LogP contribution in [0.2, 0.25) is 0 Å². The molecular formula is C22H24N2O3. The summed E-state index contributed by atoms with van der Waals surface area (Å²) >= 11 is 0. The maximum absolute atomic E-state index is 13.1. The Morgan fingerprint density at radius 1 is 0.852 bits per heavy atom. The lowest BCUT2D eigenvalue weighted by atomic mass is 9.99. The van der Waals surface area contributed by atoms with Crippen LogP contribution in [0.5, 0.6) is 0 Å². The first-order valence-corrected chi connectivity index (χ1v) is 9.19. The second-order valence-corrected chi connectivity index (χ2v) is 7.45. The minimum absolute atomic E-state index is 0.224. The molecule has 27 heavy (non-hydrogen) atoms. The van der Waals surface area contributed by atoms with Gasteiger partial charge in [0.2, 0.25) is 5.91 Å². The van der Waals surface area contributed by atoms with Crippen LogP contribution >= 0.6 is 0 Å². The number of rotatable bonds is 5. The summed E-state index contributed by atoms with van der Waals surface area (Å²) in [7, 11) is 0. The van der Waals surface area contributed by atoms with E-state index in [1.807, 2.05) is 38.1 Å². The lowest BCUT2D eigenvalue weighted by Gasteiger charge is -2.29. The predicted molar refractivity (Wildman–Crippen MR) is 105 cm³/mol. The van der Waals surface area contributed by atoms with E-state index in [-0.39, 0.29) is 17.7 Å². The van der Waals surface area contributed by atoms with Gasteiger partial charge in [0, 0.05) is 5.69 Å². The monoisotopic (exact) mass is 364 g/mol. The van der Waals surface area contributed by atoms with Gasteiger partial charge in [-0.05, 0) is 35.6 Å². The molecule has 1 aliphatic rings. The highest BCUT2D eigenvalue weighted by Crippen LogP contribution is 2.29. The van der Waals surface area contributed by atoms with Crippen molar-refractivity contribution in [1.82, 2.24) is 4.90 Å². The molecule has 0 bridgehead atoms. The second-order valence-electron chi connectivity index (χ2n) is 7.45. The Kier molecular flexibility index (Phi) is 5.13. The largest absolute Gasteiger partial charge is 0.324 e. The van der Waals surface area contributed by atoms with Crippen LogP contribution in [0.1, 0.15) is 59.9 Å². The van der Waals surface area contributed by atoms with E-state index in [0.717, 1.165) is 10.5 Å². The first kappa shape index (κ1) is 18.8. The summed E-state index contributed by atoms with van der Waals surface area (Å²) in [5, 5.41) is 2.93. The van der Waals surface area contributed by atoms with Crippen molar-refractivity contribution in [2.24, 2.45) is 5.92 Å². The molecule has 1 heterocycles. The Bertz CT molecular complexity index is 867. The highest BCUT2D eigenvalue weighted by atomic mass is 16.2. The Balaban J connectivity index is 1.93. The van der Waals surface area contributed by atoms with Crippen molar-refractivity contribution in [3.05, 3.63) is 65.2 Å². The van der Waals surface area contributed by atoms with Crippen LogP contribution in [0, 0.1) is 5.92 Å². The third-order valence-electron chi connectivity index (χ3n) is 4.84. The minimum atomic E-state index is -0.877. The van der Waals surface area contributed by atoms with E-state index < -0.39 is 17.9 Å². The number of anilines is 1. The number of imide groups is 1. The normalized spacial score (nSPS) is 14.7. The molecule has 0 fully saturated rings. The SMILES string of the molecule is CC(C)c1ccccc1NC(=O)[C@H](C(C)C)N1C(=O)c2ccccc2C1=O. The molecule has 0 aromatic heterocycles. The maximum atomic E-state index is 13.1. The fraction of sp³-hybridized carbons (Fsp3) is 0.318. The molecule has 0 saturated carbocycles. The topological polar surface area (TPSA) is 66.5 Å². The quantitative estimate of drug-likeness (QED) is 0.813. The number of carbonyl (C=O) groups excluding carboxylic acids is 3. The lowest BCUT2D eigenvalue weighted by Crippen LogP contribution is -2.50. The summed E-state index contributed by atoms with van der Waals surface area (Å²) in [6.07, 6.45) is 0. The molecule has 2 aromatic carbocycles. The fourth-order valence-electron chi connectivity index (χ4n) is 3.50. The van der Waals surface area contributed by atoms with Crippen molar-refractivity contribution in [2.75, 3.05) is 5.32 Å². The van der Waals surface area contributed by atoms with Gasteiger partial charge in [-0.3, -0.25) is 19.3 Å². The Labute approximate surface area is 159 Å². The second kappa shape index (κ2) is 7.35. The number of nitrogens with zero attached hydrogens (tertiary/aromatic N) is 1. The van der Waals surface area contributed by atoms with Gasteiger partial charge < -0.3 is 5.32 Å². The molecule has 1 N–H and O–H groups in total. The van der Waals surface area contributed by atoms with Crippen molar-refractivity contribution in [1.29, 1.82) is 0 Å². The molecule has 0 spiro atoms. The van der Waals surface area contributed by atoms with E-state index in [1.165, 1.54) is 0 Å². The van der Waals surface area contributed by atoms with Crippen LogP contribution in [0.3, 0.4) is 0 Å². The van der Waals surface area contributed by atoms with Gasteiger partial charge in [-0.15, -0.1) is 0 Å². The molecule has 140 valence electrons. The number of amides is 3. The number of carbonyl (C=O) groups is 3. The van der Waals surface area contributed by atoms with Crippen molar-refractivity contribution in [3.8, 4) is 0 Å². The third-order valence-corrected chi connectivity index (χ3v) is 4.84. The average Bonchev–Trinajstić information content (AvgIpc) is 2.87.